The molecule has 3 N–H and O–H groups in total. The molecule has 1 amide bonds. The fourth-order valence-electron chi connectivity index (χ4n) is 3.64. The first-order valence-corrected chi connectivity index (χ1v) is 10.3. The van der Waals surface area contributed by atoms with E-state index in [0.29, 0.717) is 18.0 Å². The van der Waals surface area contributed by atoms with Crippen LogP contribution in [0.1, 0.15) is 66.8 Å². The van der Waals surface area contributed by atoms with E-state index in [4.69, 9.17) is 15.8 Å². The number of amides is 1. The number of pyridine rings is 1. The molecule has 0 saturated heterocycles. The monoisotopic (exact) mass is 463 g/mol. The number of carbonyl (C=O) groups excluding carboxylic acids is 1. The first kappa shape index (κ1) is 25.0. The molecule has 1 aromatic carbocycles. The zero-order chi connectivity index (χ0) is 20.8. The van der Waals surface area contributed by atoms with Crippen LogP contribution < -0.4 is 11.1 Å². The lowest BCUT2D eigenvalue weighted by Gasteiger charge is -2.20. The van der Waals surface area contributed by atoms with Crippen molar-refractivity contribution in [1.82, 2.24) is 20.1 Å². The van der Waals surface area contributed by atoms with Crippen molar-refractivity contribution in [2.45, 2.75) is 58.4 Å². The van der Waals surface area contributed by atoms with Crippen LogP contribution in [0.15, 0.2) is 30.3 Å². The molecule has 1 fully saturated rings. The van der Waals surface area contributed by atoms with E-state index < -0.39 is 0 Å². The van der Waals surface area contributed by atoms with Crippen molar-refractivity contribution in [2.75, 3.05) is 12.3 Å². The van der Waals surface area contributed by atoms with Gasteiger partial charge in [-0.05, 0) is 70.7 Å². The molecule has 168 valence electrons. The number of hydrogen-bond donors (Lipinski definition) is 2. The second kappa shape index (κ2) is 9.45. The smallest absolute Gasteiger partial charge is 0.252 e. The van der Waals surface area contributed by atoms with Crippen LogP contribution in [0.5, 0.6) is 0 Å². The Bertz CT molecular complexity index is 1070. The van der Waals surface area contributed by atoms with Crippen LogP contribution in [0, 0.1) is 6.92 Å². The molecule has 1 aliphatic carbocycles. The lowest BCUT2D eigenvalue weighted by Crippen LogP contribution is -2.26. The maximum atomic E-state index is 13.1. The van der Waals surface area contributed by atoms with Crippen molar-refractivity contribution >= 4 is 47.4 Å². The minimum absolute atomic E-state index is 0. The first-order valence-electron chi connectivity index (χ1n) is 10.3. The molecule has 3 aromatic rings. The molecule has 1 saturated carbocycles. The fourth-order valence-corrected chi connectivity index (χ4v) is 3.64. The van der Waals surface area contributed by atoms with Crippen molar-refractivity contribution < 1.29 is 4.79 Å². The van der Waals surface area contributed by atoms with Crippen molar-refractivity contribution in [3.05, 3.63) is 52.8 Å². The summed E-state index contributed by atoms with van der Waals surface area (Å²) in [6.45, 7) is 8.84. The van der Waals surface area contributed by atoms with E-state index >= 15 is 0 Å². The van der Waals surface area contributed by atoms with E-state index in [0.717, 1.165) is 52.9 Å². The van der Waals surface area contributed by atoms with E-state index in [-0.39, 0.29) is 36.3 Å². The Kier molecular flexibility index (Phi) is 7.61. The highest BCUT2D eigenvalue weighted by Crippen LogP contribution is 2.41. The first-order chi connectivity index (χ1) is 13.7. The van der Waals surface area contributed by atoms with Gasteiger partial charge < -0.3 is 11.1 Å². The van der Waals surface area contributed by atoms with Gasteiger partial charge in [-0.2, -0.15) is 5.10 Å². The second-order valence-corrected chi connectivity index (χ2v) is 8.98. The van der Waals surface area contributed by atoms with Gasteiger partial charge in [0.1, 0.15) is 0 Å². The average Bonchev–Trinajstić information content (AvgIpc) is 3.45. The quantitative estimate of drug-likeness (QED) is 0.533. The molecular weight excluding hydrogens is 433 g/mol. The molecule has 0 spiro atoms. The summed E-state index contributed by atoms with van der Waals surface area (Å²) in [5.41, 5.74) is 10.8. The third-order valence-electron chi connectivity index (χ3n) is 5.39. The van der Waals surface area contributed by atoms with Gasteiger partial charge >= 0.3 is 0 Å². The number of hydrogen-bond acceptors (Lipinski definition) is 4. The Morgan fingerprint density at radius 2 is 1.84 bits per heavy atom. The second-order valence-electron chi connectivity index (χ2n) is 8.98. The van der Waals surface area contributed by atoms with Gasteiger partial charge in [0.05, 0.1) is 22.2 Å². The van der Waals surface area contributed by atoms with Crippen molar-refractivity contribution in [2.24, 2.45) is 0 Å². The molecule has 0 radical (unpaired) electrons. The SMILES string of the molecule is Cc1nn(C(C)(C)C)c2nc(C3CC3)cc(C(=O)NCCc3ccc(N)cc3)c12.Cl.Cl. The minimum Gasteiger partial charge on any atom is -0.399 e. The number of halogens is 2. The average molecular weight is 464 g/mol. The zero-order valence-electron chi connectivity index (χ0n) is 18.4. The molecule has 2 heterocycles. The number of rotatable bonds is 5. The van der Waals surface area contributed by atoms with E-state index in [2.05, 4.69) is 26.1 Å². The summed E-state index contributed by atoms with van der Waals surface area (Å²) in [5, 5.41) is 8.66. The molecule has 0 atom stereocenters. The van der Waals surface area contributed by atoms with Crippen LogP contribution in [-0.2, 0) is 12.0 Å². The van der Waals surface area contributed by atoms with Crippen molar-refractivity contribution in [3.63, 3.8) is 0 Å². The number of nitrogens with zero attached hydrogens (tertiary/aromatic N) is 3. The highest BCUT2D eigenvalue weighted by atomic mass is 35.5. The Balaban J connectivity index is 0.00000171. The number of aryl methyl sites for hydroxylation is 1. The molecule has 8 heteroatoms. The lowest BCUT2D eigenvalue weighted by atomic mass is 10.1. The van der Waals surface area contributed by atoms with Gasteiger partial charge in [-0.3, -0.25) is 4.79 Å². The van der Waals surface area contributed by atoms with Crippen LogP contribution in [0.3, 0.4) is 0 Å². The molecule has 2 aromatic heterocycles. The van der Waals surface area contributed by atoms with Gasteiger partial charge in [-0.15, -0.1) is 24.8 Å². The number of nitrogens with two attached hydrogens (primary N) is 1. The van der Waals surface area contributed by atoms with Crippen molar-refractivity contribution in [3.8, 4) is 0 Å². The number of benzene rings is 1. The maximum Gasteiger partial charge on any atom is 0.252 e. The van der Waals surface area contributed by atoms with Gasteiger partial charge in [0.15, 0.2) is 5.65 Å². The largest absolute Gasteiger partial charge is 0.399 e. The van der Waals surface area contributed by atoms with Gasteiger partial charge in [-0.1, -0.05) is 12.1 Å². The Hall–Kier alpha value is -2.31. The van der Waals surface area contributed by atoms with Gasteiger partial charge in [0.25, 0.3) is 5.91 Å². The third-order valence-corrected chi connectivity index (χ3v) is 5.39. The Morgan fingerprint density at radius 1 is 1.19 bits per heavy atom. The van der Waals surface area contributed by atoms with Gasteiger partial charge in [-0.25, -0.2) is 9.67 Å². The number of carbonyl (C=O) groups is 1. The number of nitrogens with one attached hydrogen (secondary N) is 1. The van der Waals surface area contributed by atoms with Crippen LogP contribution in [0.2, 0.25) is 0 Å². The summed E-state index contributed by atoms with van der Waals surface area (Å²) >= 11 is 0. The Morgan fingerprint density at radius 3 is 2.42 bits per heavy atom. The topological polar surface area (TPSA) is 85.8 Å². The van der Waals surface area contributed by atoms with Crippen LogP contribution in [-0.4, -0.2) is 27.2 Å². The van der Waals surface area contributed by atoms with Crippen LogP contribution in [0.25, 0.3) is 11.0 Å². The van der Waals surface area contributed by atoms with Crippen LogP contribution >= 0.6 is 24.8 Å². The van der Waals surface area contributed by atoms with E-state index in [1.54, 1.807) is 0 Å². The number of aromatic nitrogens is 3. The Labute approximate surface area is 195 Å². The summed E-state index contributed by atoms with van der Waals surface area (Å²) in [6, 6.07) is 9.73. The lowest BCUT2D eigenvalue weighted by molar-refractivity contribution is 0.0955. The number of nitrogen functional groups attached to an aromatic ring is 1. The molecular formula is C23H31Cl2N5O. The maximum absolute atomic E-state index is 13.1. The molecule has 31 heavy (non-hydrogen) atoms. The summed E-state index contributed by atoms with van der Waals surface area (Å²) in [4.78, 5) is 18.0. The van der Waals surface area contributed by atoms with E-state index in [9.17, 15) is 4.79 Å². The third kappa shape index (κ3) is 5.31. The fraction of sp³-hybridized carbons (Fsp3) is 0.435. The van der Waals surface area contributed by atoms with Gasteiger partial charge in [0.2, 0.25) is 0 Å². The zero-order valence-corrected chi connectivity index (χ0v) is 20.1. The normalized spacial score (nSPS) is 13.4. The predicted molar refractivity (Wildman–Crippen MR) is 131 cm³/mol. The number of fused-ring (bicyclic) bond motifs is 1. The van der Waals surface area contributed by atoms with Crippen molar-refractivity contribution in [1.29, 1.82) is 0 Å². The highest BCUT2D eigenvalue weighted by Gasteiger charge is 2.30. The van der Waals surface area contributed by atoms with Gasteiger partial charge in [0, 0.05) is 23.8 Å². The molecule has 0 aliphatic heterocycles. The summed E-state index contributed by atoms with van der Waals surface area (Å²) in [5.74, 6) is 0.399. The standard InChI is InChI=1S/C23H29N5O.2ClH/c1-14-20-18(22(29)25-12-11-15-5-9-17(24)10-6-15)13-19(16-7-8-16)26-21(20)28(27-14)23(2,3)4;;/h5-6,9-10,13,16H,7-8,11-12,24H2,1-4H3,(H,25,29);2*1H. The molecule has 0 unspecified atom stereocenters. The predicted octanol–water partition coefficient (Wildman–Crippen LogP) is 4.77. The summed E-state index contributed by atoms with van der Waals surface area (Å²) in [6.07, 6.45) is 3.04. The summed E-state index contributed by atoms with van der Waals surface area (Å²) in [7, 11) is 0. The number of anilines is 1. The molecule has 6 nitrogen and oxygen atoms in total. The minimum atomic E-state index is -0.204. The molecule has 4 rings (SSSR count). The van der Waals surface area contributed by atoms with E-state index in [1.165, 1.54) is 0 Å². The van der Waals surface area contributed by atoms with E-state index in [1.807, 2.05) is 41.9 Å². The highest BCUT2D eigenvalue weighted by molar-refractivity contribution is 6.06. The van der Waals surface area contributed by atoms with Crippen LogP contribution in [0.4, 0.5) is 5.69 Å². The summed E-state index contributed by atoms with van der Waals surface area (Å²) < 4.78 is 1.95. The molecule has 1 aliphatic rings. The molecule has 0 bridgehead atoms.